The summed E-state index contributed by atoms with van der Waals surface area (Å²) >= 11 is 0. The minimum atomic E-state index is 0.731. The molecule has 0 saturated carbocycles. The fraction of sp³-hybridized carbons (Fsp3) is 0.444. The summed E-state index contributed by atoms with van der Waals surface area (Å²) in [6, 6.07) is 0. The highest BCUT2D eigenvalue weighted by Crippen LogP contribution is 2.18. The fourth-order valence-corrected chi connectivity index (χ4v) is 1.16. The van der Waals surface area contributed by atoms with Gasteiger partial charge in [-0.1, -0.05) is 12.2 Å². The van der Waals surface area contributed by atoms with E-state index >= 15 is 0 Å². The second-order valence-electron chi connectivity index (χ2n) is 2.49. The number of hydrogen-bond acceptors (Lipinski definition) is 2. The largest absolute Gasteiger partial charge is 0.492 e. The molecule has 60 valence electrons. The third-order valence-corrected chi connectivity index (χ3v) is 1.66. The van der Waals surface area contributed by atoms with Crippen LogP contribution >= 0.6 is 0 Å². The van der Waals surface area contributed by atoms with Gasteiger partial charge in [0.25, 0.3) is 0 Å². The van der Waals surface area contributed by atoms with Crippen LogP contribution in [0.4, 0.5) is 0 Å². The Morgan fingerprint density at radius 3 is 3.00 bits per heavy atom. The molecule has 1 N–H and O–H groups in total. The summed E-state index contributed by atoms with van der Waals surface area (Å²) < 4.78 is 5.28. The van der Waals surface area contributed by atoms with Gasteiger partial charge in [-0.3, -0.25) is 0 Å². The van der Waals surface area contributed by atoms with E-state index in [0.29, 0.717) is 0 Å². The second kappa shape index (κ2) is 3.96. The number of rotatable bonds is 2. The van der Waals surface area contributed by atoms with E-state index in [9.17, 15) is 0 Å². The molecule has 0 amide bonds. The summed E-state index contributed by atoms with van der Waals surface area (Å²) in [6.07, 6.45) is 7.38. The third-order valence-electron chi connectivity index (χ3n) is 1.66. The molecule has 0 aromatic carbocycles. The summed E-state index contributed by atoms with van der Waals surface area (Å²) in [5.41, 5.74) is 1.15. The molecule has 1 aliphatic rings. The van der Waals surface area contributed by atoms with Gasteiger partial charge in [-0.25, -0.2) is 0 Å². The lowest BCUT2D eigenvalue weighted by molar-refractivity contribution is 0.209. The van der Waals surface area contributed by atoms with Crippen LogP contribution in [0.3, 0.4) is 0 Å². The van der Waals surface area contributed by atoms with E-state index in [-0.39, 0.29) is 0 Å². The van der Waals surface area contributed by atoms with Gasteiger partial charge in [0.15, 0.2) is 0 Å². The predicted octanol–water partition coefficient (Wildman–Crippen LogP) is 2.28. The maximum Gasteiger partial charge on any atom is 0.139 e. The highest BCUT2D eigenvalue weighted by Gasteiger charge is 2.08. The Kier molecular flexibility index (Phi) is 2.90. The Labute approximate surface area is 67.1 Å². The first kappa shape index (κ1) is 8.05. The second-order valence-corrected chi connectivity index (χ2v) is 2.49. The Hall–Kier alpha value is -1.05. The molecule has 0 aliphatic carbocycles. The van der Waals surface area contributed by atoms with E-state index in [0.717, 1.165) is 30.8 Å². The normalized spacial score (nSPS) is 18.6. The smallest absolute Gasteiger partial charge is 0.139 e. The van der Waals surface area contributed by atoms with Crippen LogP contribution in [0, 0.1) is 5.41 Å². The Morgan fingerprint density at radius 2 is 2.36 bits per heavy atom. The minimum absolute atomic E-state index is 0.731. The van der Waals surface area contributed by atoms with Crippen molar-refractivity contribution in [3.8, 4) is 0 Å². The molecule has 2 nitrogen and oxygen atoms in total. The summed E-state index contributed by atoms with van der Waals surface area (Å²) in [5, 5.41) is 7.06. The van der Waals surface area contributed by atoms with Crippen molar-refractivity contribution < 1.29 is 4.74 Å². The molecule has 11 heavy (non-hydrogen) atoms. The van der Waals surface area contributed by atoms with Crippen LogP contribution in [0.1, 0.15) is 19.8 Å². The summed E-state index contributed by atoms with van der Waals surface area (Å²) in [5.74, 6) is 0.731. The first-order chi connectivity index (χ1) is 5.38. The van der Waals surface area contributed by atoms with Crippen molar-refractivity contribution in [2.45, 2.75) is 19.8 Å². The summed E-state index contributed by atoms with van der Waals surface area (Å²) in [6.45, 7) is 2.73. The van der Waals surface area contributed by atoms with Crippen molar-refractivity contribution in [1.82, 2.24) is 0 Å². The van der Waals surface area contributed by atoms with Gasteiger partial charge in [0.2, 0.25) is 0 Å². The van der Waals surface area contributed by atoms with Gasteiger partial charge in [0, 0.05) is 0 Å². The zero-order valence-electron chi connectivity index (χ0n) is 6.76. The van der Waals surface area contributed by atoms with Gasteiger partial charge in [0.05, 0.1) is 12.8 Å². The average Bonchev–Trinajstić information content (AvgIpc) is 2.06. The molecule has 1 rings (SSSR count). The third kappa shape index (κ3) is 1.93. The predicted molar refractivity (Wildman–Crippen MR) is 45.8 cm³/mol. The molecule has 0 radical (unpaired) electrons. The maximum absolute atomic E-state index is 7.06. The van der Waals surface area contributed by atoms with Crippen LogP contribution in [0.25, 0.3) is 0 Å². The Bertz CT molecular complexity index is 204. The number of nitrogens with one attached hydrogen (secondary N) is 1. The Morgan fingerprint density at radius 1 is 1.55 bits per heavy atom. The number of ether oxygens (including phenoxy) is 1. The van der Waals surface area contributed by atoms with Gasteiger partial charge in [-0.05, 0) is 25.3 Å². The zero-order valence-corrected chi connectivity index (χ0v) is 6.76. The highest BCUT2D eigenvalue weighted by atomic mass is 16.5. The molecule has 0 saturated heterocycles. The average molecular weight is 151 g/mol. The van der Waals surface area contributed by atoms with Gasteiger partial charge in [0.1, 0.15) is 5.76 Å². The van der Waals surface area contributed by atoms with Crippen molar-refractivity contribution >= 4 is 6.21 Å². The van der Waals surface area contributed by atoms with Gasteiger partial charge in [-0.2, -0.15) is 0 Å². The van der Waals surface area contributed by atoms with Crippen molar-refractivity contribution in [3.05, 3.63) is 23.5 Å². The van der Waals surface area contributed by atoms with Crippen LogP contribution in [0.5, 0.6) is 0 Å². The van der Waals surface area contributed by atoms with Crippen molar-refractivity contribution in [2.75, 3.05) is 6.61 Å². The van der Waals surface area contributed by atoms with Crippen molar-refractivity contribution in [1.29, 1.82) is 5.41 Å². The van der Waals surface area contributed by atoms with Crippen LogP contribution in [-0.2, 0) is 4.74 Å². The van der Waals surface area contributed by atoms with Crippen LogP contribution in [-0.4, -0.2) is 12.8 Å². The maximum atomic E-state index is 7.06. The first-order valence-electron chi connectivity index (χ1n) is 3.87. The van der Waals surface area contributed by atoms with Crippen LogP contribution in [0.15, 0.2) is 23.5 Å². The SMILES string of the molecule is C/C=C\C1=C(C=N)OCCC1. The molecule has 0 unspecified atom stereocenters. The van der Waals surface area contributed by atoms with Gasteiger partial charge >= 0.3 is 0 Å². The lowest BCUT2D eigenvalue weighted by Crippen LogP contribution is -2.06. The van der Waals surface area contributed by atoms with E-state index in [1.165, 1.54) is 6.21 Å². The molecule has 1 aliphatic heterocycles. The van der Waals surface area contributed by atoms with Crippen molar-refractivity contribution in [2.24, 2.45) is 0 Å². The lowest BCUT2D eigenvalue weighted by Gasteiger charge is -2.15. The highest BCUT2D eigenvalue weighted by molar-refractivity contribution is 5.75. The van der Waals surface area contributed by atoms with E-state index in [1.807, 2.05) is 19.1 Å². The molecule has 0 bridgehead atoms. The number of hydrogen-bond donors (Lipinski definition) is 1. The minimum Gasteiger partial charge on any atom is -0.492 e. The molecule has 0 aromatic heterocycles. The first-order valence-corrected chi connectivity index (χ1v) is 3.87. The summed E-state index contributed by atoms with van der Waals surface area (Å²) in [7, 11) is 0. The van der Waals surface area contributed by atoms with E-state index in [1.54, 1.807) is 0 Å². The zero-order chi connectivity index (χ0) is 8.10. The topological polar surface area (TPSA) is 33.1 Å². The molecular weight excluding hydrogens is 138 g/mol. The van der Waals surface area contributed by atoms with E-state index < -0.39 is 0 Å². The standard InChI is InChI=1S/C9H13NO/c1-2-4-8-5-3-6-11-9(8)7-10/h2,4,7,10H,3,5-6H2,1H3/b4-2-,10-7?. The van der Waals surface area contributed by atoms with Crippen LogP contribution in [0.2, 0.25) is 0 Å². The summed E-state index contributed by atoms with van der Waals surface area (Å²) in [4.78, 5) is 0. The molecule has 0 spiro atoms. The molecule has 0 fully saturated rings. The van der Waals surface area contributed by atoms with E-state index in [4.69, 9.17) is 10.1 Å². The van der Waals surface area contributed by atoms with E-state index in [2.05, 4.69) is 0 Å². The lowest BCUT2D eigenvalue weighted by atomic mass is 10.1. The molecule has 0 atom stereocenters. The fourth-order valence-electron chi connectivity index (χ4n) is 1.16. The molecular formula is C9H13NO. The quantitative estimate of drug-likeness (QED) is 0.603. The van der Waals surface area contributed by atoms with Gasteiger partial charge < -0.3 is 10.1 Å². The number of allylic oxidation sites excluding steroid dienone is 4. The molecule has 0 aromatic rings. The Balaban J connectivity index is 2.81. The molecule has 1 heterocycles. The van der Waals surface area contributed by atoms with Gasteiger partial charge in [-0.15, -0.1) is 0 Å². The monoisotopic (exact) mass is 151 g/mol. The van der Waals surface area contributed by atoms with Crippen molar-refractivity contribution in [3.63, 3.8) is 0 Å². The van der Waals surface area contributed by atoms with Crippen LogP contribution < -0.4 is 0 Å². The molecule has 2 heteroatoms.